The topological polar surface area (TPSA) is 134 Å². The Bertz CT molecular complexity index is 1660. The van der Waals surface area contributed by atoms with Crippen molar-refractivity contribution in [2.24, 2.45) is 5.73 Å². The van der Waals surface area contributed by atoms with Crippen molar-refractivity contribution < 1.29 is 37.6 Å². The van der Waals surface area contributed by atoms with Crippen molar-refractivity contribution in [3.63, 3.8) is 0 Å². The maximum atomic E-state index is 12.6. The van der Waals surface area contributed by atoms with Gasteiger partial charge < -0.3 is 20.1 Å². The van der Waals surface area contributed by atoms with Crippen molar-refractivity contribution in [3.05, 3.63) is 146 Å². The molecule has 3 N–H and O–H groups in total. The van der Waals surface area contributed by atoms with Crippen molar-refractivity contribution in [1.29, 1.82) is 0 Å². The van der Waals surface area contributed by atoms with Gasteiger partial charge in [0.1, 0.15) is 6.61 Å². The summed E-state index contributed by atoms with van der Waals surface area (Å²) in [5, 5.41) is 0. The standard InChI is InChI=1S/C61H98NO8P/c1-3-5-7-9-11-13-15-17-18-19-20-21-22-23-24-25-26-27-28-29-30-31-32-33-34-35-36-37-38-39-40-42-44-46-48-50-52-54-61(64)70-59(58-69-71(65,66)68-56-55-62)57-67-60(63)53-51-49-47-45-43-41-16-14-12-10-8-6-4-2/h5,7,11,13-14,16-18,20-21,23-24,26-27,29-30,32-33,35-36,38-39,42,44,59H,3-4,6,8-10,12,15,19,22,25,28,31,34,37,40-41,43,45-58,62H2,1-2H3,(H,65,66)/b7-5-,13-11-,16-14-,18-17-,21-20-,24-23-,27-26-,30-29-,33-32-,36-35-,39-38-,44-42-. The number of nitrogens with two attached hydrogens (primary N) is 1. The first-order valence-electron chi connectivity index (χ1n) is 27.3. The van der Waals surface area contributed by atoms with Crippen LogP contribution in [0.25, 0.3) is 0 Å². The predicted molar refractivity (Wildman–Crippen MR) is 302 cm³/mol. The van der Waals surface area contributed by atoms with Crippen molar-refractivity contribution in [3.8, 4) is 0 Å². The summed E-state index contributed by atoms with van der Waals surface area (Å²) in [7, 11) is -4.40. The molecule has 0 aromatic heterocycles. The van der Waals surface area contributed by atoms with E-state index in [9.17, 15) is 19.0 Å². The molecule has 0 spiro atoms. The minimum atomic E-state index is -4.40. The average Bonchev–Trinajstić information content (AvgIpc) is 3.36. The van der Waals surface area contributed by atoms with Gasteiger partial charge in [0.25, 0.3) is 0 Å². The van der Waals surface area contributed by atoms with Gasteiger partial charge >= 0.3 is 19.8 Å². The SMILES string of the molecule is CC/C=C\C/C=C\C/C=C\C/C=C\C/C=C\C/C=C\C/C=C\C/C=C\C/C=C\C/C=C\C/C=C\CCCCCC(=O)OC(COC(=O)CCCCCCC/C=C\CCCCCC)COP(=O)(O)OCCN. The molecule has 0 aromatic carbocycles. The Labute approximate surface area is 433 Å². The third-order valence-electron chi connectivity index (χ3n) is 10.7. The van der Waals surface area contributed by atoms with Gasteiger partial charge in [-0.05, 0) is 122 Å². The number of hydrogen-bond acceptors (Lipinski definition) is 8. The highest BCUT2D eigenvalue weighted by Gasteiger charge is 2.26. The van der Waals surface area contributed by atoms with Crippen LogP contribution in [0, 0.1) is 0 Å². The van der Waals surface area contributed by atoms with E-state index < -0.39 is 32.5 Å². The minimum Gasteiger partial charge on any atom is -0.462 e. The van der Waals surface area contributed by atoms with Gasteiger partial charge in [0.05, 0.1) is 13.2 Å². The van der Waals surface area contributed by atoms with Gasteiger partial charge in [0.15, 0.2) is 6.10 Å². The second-order valence-electron chi connectivity index (χ2n) is 17.4. The number of ether oxygens (including phenoxy) is 2. The summed E-state index contributed by atoms with van der Waals surface area (Å²) in [4.78, 5) is 35.0. The van der Waals surface area contributed by atoms with E-state index in [-0.39, 0.29) is 32.6 Å². The quantitative estimate of drug-likeness (QED) is 0.0264. The normalized spacial score (nSPS) is 14.3. The number of carbonyl (C=O) groups excluding carboxylic acids is 2. The van der Waals surface area contributed by atoms with Gasteiger partial charge in [-0.15, -0.1) is 0 Å². The zero-order chi connectivity index (χ0) is 51.7. The molecule has 0 fully saturated rings. The lowest BCUT2D eigenvalue weighted by Crippen LogP contribution is -2.29. The predicted octanol–water partition coefficient (Wildman–Crippen LogP) is 17.2. The lowest BCUT2D eigenvalue weighted by molar-refractivity contribution is -0.161. The van der Waals surface area contributed by atoms with Crippen LogP contribution in [0.2, 0.25) is 0 Å². The first kappa shape index (κ1) is 66.9. The van der Waals surface area contributed by atoms with E-state index in [0.717, 1.165) is 122 Å². The number of phosphoric acid groups is 1. The van der Waals surface area contributed by atoms with E-state index in [2.05, 4.69) is 160 Å². The van der Waals surface area contributed by atoms with Crippen LogP contribution in [0.4, 0.5) is 0 Å². The van der Waals surface area contributed by atoms with Crippen molar-refractivity contribution in [2.45, 2.75) is 200 Å². The fraction of sp³-hybridized carbons (Fsp3) is 0.574. The molecular formula is C61H98NO8P. The smallest absolute Gasteiger partial charge is 0.462 e. The molecule has 0 radical (unpaired) electrons. The van der Waals surface area contributed by atoms with Crippen LogP contribution in [-0.4, -0.2) is 49.3 Å². The van der Waals surface area contributed by atoms with Crippen LogP contribution in [0.3, 0.4) is 0 Å². The first-order valence-corrected chi connectivity index (χ1v) is 28.8. The molecule has 0 aromatic rings. The molecule has 9 nitrogen and oxygen atoms in total. The molecule has 0 aliphatic heterocycles. The zero-order valence-electron chi connectivity index (χ0n) is 44.4. The van der Waals surface area contributed by atoms with Crippen molar-refractivity contribution >= 4 is 19.8 Å². The maximum absolute atomic E-state index is 12.6. The Morgan fingerprint density at radius 3 is 1.18 bits per heavy atom. The second kappa shape index (κ2) is 55.2. The van der Waals surface area contributed by atoms with Crippen LogP contribution < -0.4 is 5.73 Å². The summed E-state index contributed by atoms with van der Waals surface area (Å²) in [6.07, 6.45) is 79.0. The van der Waals surface area contributed by atoms with Gasteiger partial charge in [0, 0.05) is 19.4 Å². The fourth-order valence-corrected chi connectivity index (χ4v) is 7.46. The van der Waals surface area contributed by atoms with Gasteiger partial charge in [-0.3, -0.25) is 18.6 Å². The molecule has 0 rings (SSSR count). The van der Waals surface area contributed by atoms with Crippen molar-refractivity contribution in [2.75, 3.05) is 26.4 Å². The number of phosphoric ester groups is 1. The van der Waals surface area contributed by atoms with Gasteiger partial charge in [0.2, 0.25) is 0 Å². The molecule has 400 valence electrons. The lowest BCUT2D eigenvalue weighted by atomic mass is 10.1. The first-order chi connectivity index (χ1) is 34.8. The molecule has 2 unspecified atom stereocenters. The van der Waals surface area contributed by atoms with Crippen LogP contribution in [0.1, 0.15) is 194 Å². The Kier molecular flexibility index (Phi) is 52.0. The molecule has 0 saturated heterocycles. The monoisotopic (exact) mass is 1000 g/mol. The number of unbranched alkanes of at least 4 members (excludes halogenated alkanes) is 12. The highest BCUT2D eigenvalue weighted by atomic mass is 31.2. The molecule has 71 heavy (non-hydrogen) atoms. The summed E-state index contributed by atoms with van der Waals surface area (Å²) in [5.74, 6) is -0.890. The Hall–Kier alpha value is -4.11. The Morgan fingerprint density at radius 1 is 0.437 bits per heavy atom. The Balaban J connectivity index is 4.11. The molecule has 0 heterocycles. The zero-order valence-corrected chi connectivity index (χ0v) is 45.3. The highest BCUT2D eigenvalue weighted by molar-refractivity contribution is 7.47. The number of carbonyl (C=O) groups is 2. The molecule has 0 amide bonds. The Morgan fingerprint density at radius 2 is 0.775 bits per heavy atom. The number of rotatable bonds is 49. The summed E-state index contributed by atoms with van der Waals surface area (Å²) in [6, 6.07) is 0. The number of allylic oxidation sites excluding steroid dienone is 24. The molecule has 0 aliphatic rings. The van der Waals surface area contributed by atoms with Gasteiger partial charge in [-0.1, -0.05) is 205 Å². The van der Waals surface area contributed by atoms with Crippen LogP contribution in [-0.2, 0) is 32.7 Å². The van der Waals surface area contributed by atoms with Gasteiger partial charge in [-0.25, -0.2) is 4.57 Å². The van der Waals surface area contributed by atoms with Crippen LogP contribution in [0.15, 0.2) is 146 Å². The lowest BCUT2D eigenvalue weighted by Gasteiger charge is -2.19. The molecule has 0 saturated carbocycles. The van der Waals surface area contributed by atoms with Crippen LogP contribution >= 0.6 is 7.82 Å². The number of esters is 2. The second-order valence-corrected chi connectivity index (χ2v) is 18.8. The molecule has 0 aliphatic carbocycles. The van der Waals surface area contributed by atoms with E-state index in [0.29, 0.717) is 12.8 Å². The third-order valence-corrected chi connectivity index (χ3v) is 11.7. The molecule has 2 atom stereocenters. The molecular weight excluding hydrogens is 906 g/mol. The maximum Gasteiger partial charge on any atom is 0.472 e. The largest absolute Gasteiger partial charge is 0.472 e. The summed E-state index contributed by atoms with van der Waals surface area (Å²) < 4.78 is 32.8. The highest BCUT2D eigenvalue weighted by Crippen LogP contribution is 2.43. The van der Waals surface area contributed by atoms with Crippen molar-refractivity contribution in [1.82, 2.24) is 0 Å². The van der Waals surface area contributed by atoms with Gasteiger partial charge in [-0.2, -0.15) is 0 Å². The van der Waals surface area contributed by atoms with Crippen LogP contribution in [0.5, 0.6) is 0 Å². The van der Waals surface area contributed by atoms with E-state index in [1.165, 1.54) is 32.1 Å². The molecule has 0 bridgehead atoms. The third kappa shape index (κ3) is 55.1. The summed E-state index contributed by atoms with van der Waals surface area (Å²) in [5.41, 5.74) is 5.36. The fourth-order valence-electron chi connectivity index (χ4n) is 6.69. The van der Waals surface area contributed by atoms with E-state index in [1.54, 1.807) is 0 Å². The van der Waals surface area contributed by atoms with E-state index in [1.807, 2.05) is 0 Å². The average molecular weight is 1000 g/mol. The minimum absolute atomic E-state index is 0.0389. The summed E-state index contributed by atoms with van der Waals surface area (Å²) in [6.45, 7) is 3.53. The summed E-state index contributed by atoms with van der Waals surface area (Å²) >= 11 is 0. The van der Waals surface area contributed by atoms with E-state index in [4.69, 9.17) is 24.3 Å². The number of hydrogen-bond donors (Lipinski definition) is 2. The molecule has 10 heteroatoms. The van der Waals surface area contributed by atoms with E-state index >= 15 is 0 Å².